The summed E-state index contributed by atoms with van der Waals surface area (Å²) in [5, 5.41) is 8.72. The minimum absolute atomic E-state index is 0.111. The first-order valence-corrected chi connectivity index (χ1v) is 7.18. The Hall–Kier alpha value is -1.87. The molecule has 1 heterocycles. The first kappa shape index (κ1) is 13.1. The number of hydrogen-bond donors (Lipinski definition) is 2. The highest BCUT2D eigenvalue weighted by Gasteiger charge is 2.34. The van der Waals surface area contributed by atoms with E-state index in [1.54, 1.807) is 0 Å². The number of carbonyl (C=O) groups is 1. The molecule has 1 aliphatic heterocycles. The summed E-state index contributed by atoms with van der Waals surface area (Å²) < 4.78 is 0. The molecule has 2 aromatic carbocycles. The van der Waals surface area contributed by atoms with Crippen LogP contribution in [0.5, 0.6) is 0 Å². The smallest absolute Gasteiger partial charge is 0.231 e. The van der Waals surface area contributed by atoms with Gasteiger partial charge in [-0.15, -0.1) is 0 Å². The van der Waals surface area contributed by atoms with Gasteiger partial charge in [0.25, 0.3) is 0 Å². The Kier molecular flexibility index (Phi) is 3.45. The van der Waals surface area contributed by atoms with Crippen LogP contribution in [0.4, 0.5) is 5.69 Å². The second kappa shape index (κ2) is 5.25. The van der Waals surface area contributed by atoms with E-state index in [2.05, 4.69) is 22.8 Å². The normalized spacial score (nSPS) is 22.6. The minimum atomic E-state index is -0.302. The number of benzene rings is 2. The third-order valence-corrected chi connectivity index (χ3v) is 4.15. The number of rotatable bonds is 2. The zero-order valence-corrected chi connectivity index (χ0v) is 11.8. The van der Waals surface area contributed by atoms with Crippen molar-refractivity contribution in [2.24, 2.45) is 5.41 Å². The van der Waals surface area contributed by atoms with Crippen molar-refractivity contribution in [3.63, 3.8) is 0 Å². The molecule has 2 N–H and O–H groups in total. The molecule has 0 radical (unpaired) electrons. The quantitative estimate of drug-likeness (QED) is 0.878. The largest absolute Gasteiger partial charge is 0.326 e. The molecule has 104 valence electrons. The molecule has 1 fully saturated rings. The van der Waals surface area contributed by atoms with E-state index >= 15 is 0 Å². The molecule has 1 aliphatic rings. The Balaban J connectivity index is 1.80. The van der Waals surface area contributed by atoms with E-state index in [1.807, 2.05) is 37.3 Å². The first-order valence-electron chi connectivity index (χ1n) is 7.18. The molecule has 2 aromatic rings. The van der Waals surface area contributed by atoms with E-state index in [1.165, 1.54) is 5.39 Å². The van der Waals surface area contributed by atoms with Gasteiger partial charge in [-0.05, 0) is 49.2 Å². The second-order valence-electron chi connectivity index (χ2n) is 5.86. The van der Waals surface area contributed by atoms with Gasteiger partial charge in [0.15, 0.2) is 0 Å². The summed E-state index contributed by atoms with van der Waals surface area (Å²) in [6.07, 6.45) is 2.00. The Bertz CT molecular complexity index is 630. The highest BCUT2D eigenvalue weighted by Crippen LogP contribution is 2.28. The Morgan fingerprint density at radius 1 is 1.20 bits per heavy atom. The molecule has 1 atom stereocenters. The van der Waals surface area contributed by atoms with Crippen LogP contribution in [0.1, 0.15) is 19.8 Å². The maximum Gasteiger partial charge on any atom is 0.231 e. The average Bonchev–Trinajstić information content (AvgIpc) is 2.48. The van der Waals surface area contributed by atoms with E-state index in [0.29, 0.717) is 0 Å². The van der Waals surface area contributed by atoms with Gasteiger partial charge in [-0.2, -0.15) is 0 Å². The lowest BCUT2D eigenvalue weighted by molar-refractivity contribution is -0.125. The minimum Gasteiger partial charge on any atom is -0.326 e. The van der Waals surface area contributed by atoms with Gasteiger partial charge < -0.3 is 10.6 Å². The van der Waals surface area contributed by atoms with Crippen LogP contribution in [0.3, 0.4) is 0 Å². The number of hydrogen-bond acceptors (Lipinski definition) is 2. The molecule has 3 rings (SSSR count). The number of anilines is 1. The molecule has 0 spiro atoms. The maximum absolute atomic E-state index is 12.5. The highest BCUT2D eigenvalue weighted by atomic mass is 16.2. The predicted molar refractivity (Wildman–Crippen MR) is 82.8 cm³/mol. The zero-order chi connectivity index (χ0) is 14.0. The van der Waals surface area contributed by atoms with Crippen molar-refractivity contribution in [2.45, 2.75) is 19.8 Å². The van der Waals surface area contributed by atoms with E-state index in [0.717, 1.165) is 37.0 Å². The molecule has 1 unspecified atom stereocenters. The number of nitrogens with one attached hydrogen (secondary N) is 2. The monoisotopic (exact) mass is 268 g/mol. The summed E-state index contributed by atoms with van der Waals surface area (Å²) in [6.45, 7) is 3.81. The standard InChI is InChI=1S/C17H20N2O/c1-17(9-4-10-18-12-17)16(20)19-15-8-7-13-5-2-3-6-14(13)11-15/h2-3,5-8,11,18H,4,9-10,12H2,1H3,(H,19,20). The highest BCUT2D eigenvalue weighted by molar-refractivity contribution is 5.97. The molecule has 0 aliphatic carbocycles. The lowest BCUT2D eigenvalue weighted by atomic mass is 9.82. The predicted octanol–water partition coefficient (Wildman–Crippen LogP) is 3.17. The van der Waals surface area contributed by atoms with Crippen molar-refractivity contribution in [1.29, 1.82) is 0 Å². The van der Waals surface area contributed by atoms with Gasteiger partial charge in [0, 0.05) is 12.2 Å². The van der Waals surface area contributed by atoms with Crippen LogP contribution < -0.4 is 10.6 Å². The zero-order valence-electron chi connectivity index (χ0n) is 11.8. The number of fused-ring (bicyclic) bond motifs is 1. The number of carbonyl (C=O) groups excluding carboxylic acids is 1. The Morgan fingerprint density at radius 2 is 2.00 bits per heavy atom. The van der Waals surface area contributed by atoms with E-state index in [-0.39, 0.29) is 11.3 Å². The summed E-state index contributed by atoms with van der Waals surface area (Å²) in [4.78, 5) is 12.5. The van der Waals surface area contributed by atoms with Gasteiger partial charge in [0.1, 0.15) is 0 Å². The van der Waals surface area contributed by atoms with Gasteiger partial charge in [-0.3, -0.25) is 4.79 Å². The van der Waals surface area contributed by atoms with Crippen LogP contribution in [0, 0.1) is 5.41 Å². The summed E-state index contributed by atoms with van der Waals surface area (Å²) in [5.41, 5.74) is 0.574. The summed E-state index contributed by atoms with van der Waals surface area (Å²) in [6, 6.07) is 14.2. The van der Waals surface area contributed by atoms with E-state index < -0.39 is 0 Å². The van der Waals surface area contributed by atoms with Crippen LogP contribution in [0.2, 0.25) is 0 Å². The topological polar surface area (TPSA) is 41.1 Å². The van der Waals surface area contributed by atoms with Gasteiger partial charge in [0.2, 0.25) is 5.91 Å². The summed E-state index contributed by atoms with van der Waals surface area (Å²) >= 11 is 0. The first-order chi connectivity index (χ1) is 9.67. The number of piperidine rings is 1. The lowest BCUT2D eigenvalue weighted by Crippen LogP contribution is -2.46. The van der Waals surface area contributed by atoms with Crippen molar-refractivity contribution in [3.05, 3.63) is 42.5 Å². The average molecular weight is 268 g/mol. The maximum atomic E-state index is 12.5. The molecular formula is C17H20N2O. The molecule has 20 heavy (non-hydrogen) atoms. The van der Waals surface area contributed by atoms with Crippen LogP contribution in [0.25, 0.3) is 10.8 Å². The van der Waals surface area contributed by atoms with Crippen LogP contribution in [-0.2, 0) is 4.79 Å². The molecule has 3 nitrogen and oxygen atoms in total. The van der Waals surface area contributed by atoms with Crippen molar-refractivity contribution in [1.82, 2.24) is 5.32 Å². The number of amides is 1. The van der Waals surface area contributed by atoms with Gasteiger partial charge in [-0.1, -0.05) is 30.3 Å². The van der Waals surface area contributed by atoms with Gasteiger partial charge in [0.05, 0.1) is 5.41 Å². The Morgan fingerprint density at radius 3 is 2.75 bits per heavy atom. The molecule has 1 amide bonds. The van der Waals surface area contributed by atoms with Crippen LogP contribution in [-0.4, -0.2) is 19.0 Å². The fraction of sp³-hybridized carbons (Fsp3) is 0.353. The van der Waals surface area contributed by atoms with Crippen molar-refractivity contribution in [3.8, 4) is 0 Å². The van der Waals surface area contributed by atoms with E-state index in [9.17, 15) is 4.79 Å². The third kappa shape index (κ3) is 2.54. The molecule has 0 bridgehead atoms. The third-order valence-electron chi connectivity index (χ3n) is 4.15. The van der Waals surface area contributed by atoms with Crippen LogP contribution in [0.15, 0.2) is 42.5 Å². The van der Waals surface area contributed by atoms with E-state index in [4.69, 9.17) is 0 Å². The lowest BCUT2D eigenvalue weighted by Gasteiger charge is -2.32. The van der Waals surface area contributed by atoms with Gasteiger partial charge in [-0.25, -0.2) is 0 Å². The summed E-state index contributed by atoms with van der Waals surface area (Å²) in [7, 11) is 0. The second-order valence-corrected chi connectivity index (χ2v) is 5.86. The molecule has 0 saturated carbocycles. The molecule has 1 saturated heterocycles. The summed E-state index contributed by atoms with van der Waals surface area (Å²) in [5.74, 6) is 0.111. The molecular weight excluding hydrogens is 248 g/mol. The van der Waals surface area contributed by atoms with Crippen molar-refractivity contribution < 1.29 is 4.79 Å². The molecule has 0 aromatic heterocycles. The van der Waals surface area contributed by atoms with Crippen molar-refractivity contribution >= 4 is 22.4 Å². The Labute approximate surface area is 119 Å². The van der Waals surface area contributed by atoms with Gasteiger partial charge >= 0.3 is 0 Å². The fourth-order valence-corrected chi connectivity index (χ4v) is 2.80. The van der Waals surface area contributed by atoms with Crippen molar-refractivity contribution in [2.75, 3.05) is 18.4 Å². The molecule has 3 heteroatoms. The fourth-order valence-electron chi connectivity index (χ4n) is 2.80. The SMILES string of the molecule is CC1(C(=O)Nc2ccc3ccccc3c2)CCCNC1. The van der Waals surface area contributed by atoms with Crippen LogP contribution >= 0.6 is 0 Å².